The molecule has 6 nitrogen and oxygen atoms in total. The van der Waals surface area contributed by atoms with Crippen LogP contribution >= 0.6 is 11.3 Å². The number of nitrogens with zero attached hydrogens (tertiary/aromatic N) is 4. The van der Waals surface area contributed by atoms with Crippen molar-refractivity contribution in [3.8, 4) is 22.6 Å². The molecule has 152 valence electrons. The van der Waals surface area contributed by atoms with Crippen molar-refractivity contribution in [1.29, 1.82) is 0 Å². The third-order valence-electron chi connectivity index (χ3n) is 4.78. The largest absolute Gasteiger partial charge is 0.355 e. The van der Waals surface area contributed by atoms with Gasteiger partial charge < -0.3 is 10.2 Å². The fourth-order valence-corrected chi connectivity index (χ4v) is 4.30. The fourth-order valence-electron chi connectivity index (χ4n) is 3.35. The summed E-state index contributed by atoms with van der Waals surface area (Å²) in [6.45, 7) is 5.43. The van der Waals surface area contributed by atoms with Crippen LogP contribution in [0.1, 0.15) is 13.8 Å². The number of likely N-dealkylation sites (N-methyl/N-ethyl adjacent to an activating group) is 2. The lowest BCUT2D eigenvalue weighted by atomic mass is 10.1. The zero-order valence-electron chi connectivity index (χ0n) is 17.0. The summed E-state index contributed by atoms with van der Waals surface area (Å²) in [5, 5.41) is 5.96. The molecule has 3 heterocycles. The van der Waals surface area contributed by atoms with Gasteiger partial charge in [0.05, 0.1) is 11.9 Å². The van der Waals surface area contributed by atoms with Crippen molar-refractivity contribution in [2.45, 2.75) is 13.8 Å². The fraction of sp³-hybridized carbons (Fsp3) is 0.217. The molecule has 1 amide bonds. The molecule has 3 aromatic heterocycles. The first-order valence-corrected chi connectivity index (χ1v) is 10.9. The summed E-state index contributed by atoms with van der Waals surface area (Å²) in [7, 11) is 0. The van der Waals surface area contributed by atoms with Crippen molar-refractivity contribution in [3.05, 3.63) is 60.1 Å². The Morgan fingerprint density at radius 3 is 2.57 bits per heavy atom. The van der Waals surface area contributed by atoms with E-state index in [4.69, 9.17) is 9.97 Å². The topological polar surface area (TPSA) is 71.0 Å². The molecule has 4 aromatic rings. The Morgan fingerprint density at radius 1 is 1.07 bits per heavy atom. The number of fused-ring (bicyclic) bond motifs is 1. The molecule has 4 rings (SSSR count). The van der Waals surface area contributed by atoms with Crippen molar-refractivity contribution >= 4 is 33.3 Å². The number of carbonyl (C=O) groups excluding carboxylic acids is 1. The van der Waals surface area contributed by atoms with E-state index in [0.717, 1.165) is 27.2 Å². The van der Waals surface area contributed by atoms with Gasteiger partial charge in [0, 0.05) is 30.2 Å². The zero-order chi connectivity index (χ0) is 20.9. The summed E-state index contributed by atoms with van der Waals surface area (Å²) in [5.74, 6) is 1.30. The molecule has 1 aromatic carbocycles. The van der Waals surface area contributed by atoms with Crippen molar-refractivity contribution in [3.63, 3.8) is 0 Å². The number of amides is 1. The Morgan fingerprint density at radius 2 is 1.87 bits per heavy atom. The number of aromatic nitrogens is 3. The van der Waals surface area contributed by atoms with Crippen LogP contribution in [-0.4, -0.2) is 40.5 Å². The van der Waals surface area contributed by atoms with Gasteiger partial charge in [0.25, 0.3) is 0 Å². The molecule has 30 heavy (non-hydrogen) atoms. The zero-order valence-corrected chi connectivity index (χ0v) is 17.8. The summed E-state index contributed by atoms with van der Waals surface area (Å²) in [4.78, 5) is 29.4. The summed E-state index contributed by atoms with van der Waals surface area (Å²) >= 11 is 1.58. The summed E-state index contributed by atoms with van der Waals surface area (Å²) in [5.41, 5.74) is 2.89. The van der Waals surface area contributed by atoms with E-state index >= 15 is 0 Å². The Kier molecular flexibility index (Phi) is 5.99. The molecule has 0 aliphatic heterocycles. The predicted octanol–water partition coefficient (Wildman–Crippen LogP) is 4.38. The highest BCUT2D eigenvalue weighted by atomic mass is 32.1. The first kappa shape index (κ1) is 20.0. The Labute approximate surface area is 179 Å². The van der Waals surface area contributed by atoms with Gasteiger partial charge in [-0.3, -0.25) is 9.78 Å². The third kappa shape index (κ3) is 4.02. The van der Waals surface area contributed by atoms with E-state index in [2.05, 4.69) is 27.8 Å². The van der Waals surface area contributed by atoms with Crippen LogP contribution in [0.2, 0.25) is 0 Å². The molecule has 0 unspecified atom stereocenters. The highest BCUT2D eigenvalue weighted by Gasteiger charge is 2.21. The number of hydrogen-bond acceptors (Lipinski definition) is 6. The standard InChI is InChI=1S/C23H23N5OS/c1-3-24-19(29)14-28(4-2)22-20-17(16-10-6-5-7-11-16)15-30-23(20)27-21(26-22)18-12-8-9-13-25-18/h5-13,15H,3-4,14H2,1-2H3,(H,24,29). The van der Waals surface area contributed by atoms with Gasteiger partial charge in [0.1, 0.15) is 16.3 Å². The second-order valence-electron chi connectivity index (χ2n) is 6.75. The molecular formula is C23H23N5OS. The minimum absolute atomic E-state index is 0.0259. The highest BCUT2D eigenvalue weighted by molar-refractivity contribution is 7.17. The second-order valence-corrected chi connectivity index (χ2v) is 7.61. The van der Waals surface area contributed by atoms with E-state index in [0.29, 0.717) is 24.6 Å². The maximum atomic E-state index is 12.4. The van der Waals surface area contributed by atoms with Crippen LogP contribution in [-0.2, 0) is 4.79 Å². The average Bonchev–Trinajstić information content (AvgIpc) is 3.22. The van der Waals surface area contributed by atoms with Crippen molar-refractivity contribution < 1.29 is 4.79 Å². The number of carbonyl (C=O) groups is 1. The molecular weight excluding hydrogens is 394 g/mol. The molecule has 0 fully saturated rings. The summed E-state index contributed by atoms with van der Waals surface area (Å²) < 4.78 is 0. The SMILES string of the molecule is CCNC(=O)CN(CC)c1nc(-c2ccccn2)nc2scc(-c3ccccc3)c12. The molecule has 0 aliphatic rings. The minimum atomic E-state index is -0.0259. The Balaban J connectivity index is 1.91. The number of hydrogen-bond donors (Lipinski definition) is 1. The molecule has 0 saturated heterocycles. The summed E-state index contributed by atoms with van der Waals surface area (Å²) in [6.07, 6.45) is 1.73. The quantitative estimate of drug-likeness (QED) is 0.483. The van der Waals surface area contributed by atoms with E-state index in [-0.39, 0.29) is 12.5 Å². The van der Waals surface area contributed by atoms with Crippen LogP contribution in [0.5, 0.6) is 0 Å². The molecule has 0 bridgehead atoms. The van der Waals surface area contributed by atoms with Gasteiger partial charge in [-0.25, -0.2) is 9.97 Å². The van der Waals surface area contributed by atoms with Crippen LogP contribution in [0.25, 0.3) is 32.9 Å². The molecule has 1 N–H and O–H groups in total. The third-order valence-corrected chi connectivity index (χ3v) is 5.66. The predicted molar refractivity (Wildman–Crippen MR) is 123 cm³/mol. The van der Waals surface area contributed by atoms with Gasteiger partial charge in [0.2, 0.25) is 5.91 Å². The van der Waals surface area contributed by atoms with E-state index in [1.165, 1.54) is 0 Å². The van der Waals surface area contributed by atoms with Gasteiger partial charge in [0.15, 0.2) is 5.82 Å². The number of nitrogens with one attached hydrogen (secondary N) is 1. The molecule has 7 heteroatoms. The molecule has 0 atom stereocenters. The van der Waals surface area contributed by atoms with E-state index in [1.54, 1.807) is 17.5 Å². The van der Waals surface area contributed by atoms with Crippen molar-refractivity contribution in [2.75, 3.05) is 24.5 Å². The number of thiophene rings is 1. The molecule has 0 radical (unpaired) electrons. The summed E-state index contributed by atoms with van der Waals surface area (Å²) in [6, 6.07) is 15.9. The van der Waals surface area contributed by atoms with Crippen LogP contribution in [0, 0.1) is 0 Å². The highest BCUT2D eigenvalue weighted by Crippen LogP contribution is 2.39. The number of pyridine rings is 1. The Bertz CT molecular complexity index is 1140. The van der Waals surface area contributed by atoms with Crippen molar-refractivity contribution in [1.82, 2.24) is 20.3 Å². The van der Waals surface area contributed by atoms with Gasteiger partial charge in [-0.1, -0.05) is 36.4 Å². The van der Waals surface area contributed by atoms with Gasteiger partial charge in [-0.05, 0) is 31.5 Å². The van der Waals surface area contributed by atoms with Crippen LogP contribution in [0.3, 0.4) is 0 Å². The lowest BCUT2D eigenvalue weighted by Crippen LogP contribution is -2.37. The Hall–Kier alpha value is -3.32. The normalized spacial score (nSPS) is 10.9. The number of rotatable bonds is 7. The van der Waals surface area contributed by atoms with Crippen LogP contribution < -0.4 is 10.2 Å². The lowest BCUT2D eigenvalue weighted by Gasteiger charge is -2.23. The number of anilines is 1. The minimum Gasteiger partial charge on any atom is -0.355 e. The van der Waals surface area contributed by atoms with Crippen LogP contribution in [0.15, 0.2) is 60.1 Å². The first-order chi connectivity index (χ1) is 14.7. The van der Waals surface area contributed by atoms with Crippen LogP contribution in [0.4, 0.5) is 5.82 Å². The average molecular weight is 418 g/mol. The van der Waals surface area contributed by atoms with Gasteiger partial charge in [-0.15, -0.1) is 11.3 Å². The van der Waals surface area contributed by atoms with Gasteiger partial charge >= 0.3 is 0 Å². The maximum Gasteiger partial charge on any atom is 0.239 e. The lowest BCUT2D eigenvalue weighted by molar-refractivity contribution is -0.119. The van der Waals surface area contributed by atoms with Crippen molar-refractivity contribution in [2.24, 2.45) is 0 Å². The van der Waals surface area contributed by atoms with E-state index in [1.807, 2.05) is 55.1 Å². The second kappa shape index (κ2) is 9.00. The molecule has 0 aliphatic carbocycles. The number of benzene rings is 1. The molecule has 0 spiro atoms. The van der Waals surface area contributed by atoms with E-state index in [9.17, 15) is 4.79 Å². The maximum absolute atomic E-state index is 12.4. The van der Waals surface area contributed by atoms with E-state index < -0.39 is 0 Å². The van der Waals surface area contributed by atoms with Gasteiger partial charge in [-0.2, -0.15) is 0 Å². The molecule has 0 saturated carbocycles. The smallest absolute Gasteiger partial charge is 0.239 e. The monoisotopic (exact) mass is 417 g/mol. The first-order valence-electron chi connectivity index (χ1n) is 9.99.